The Bertz CT molecular complexity index is 553. The standard InChI is InChI=1S/C15H20N2O/c1-15(7-9-16-10-8-15)18-13-5-3-4-12-6-11-17(2)14(12)13/h3-6,11,16H,7-10H2,1-2H3. The summed E-state index contributed by atoms with van der Waals surface area (Å²) in [6.07, 6.45) is 4.21. The van der Waals surface area contributed by atoms with E-state index in [9.17, 15) is 0 Å². The molecule has 0 saturated carbocycles. The third-order valence-corrected chi connectivity index (χ3v) is 3.88. The Balaban J connectivity index is 1.96. The van der Waals surface area contributed by atoms with Crippen LogP contribution in [0.1, 0.15) is 19.8 Å². The molecule has 0 amide bonds. The van der Waals surface area contributed by atoms with Crippen LogP contribution in [0.25, 0.3) is 10.9 Å². The van der Waals surface area contributed by atoms with Gasteiger partial charge in [-0.1, -0.05) is 12.1 Å². The second kappa shape index (κ2) is 4.32. The summed E-state index contributed by atoms with van der Waals surface area (Å²) in [4.78, 5) is 0. The quantitative estimate of drug-likeness (QED) is 0.879. The topological polar surface area (TPSA) is 26.2 Å². The van der Waals surface area contributed by atoms with Crippen molar-refractivity contribution in [2.75, 3.05) is 13.1 Å². The molecule has 3 nitrogen and oxygen atoms in total. The number of nitrogens with zero attached hydrogens (tertiary/aromatic N) is 1. The van der Waals surface area contributed by atoms with E-state index in [1.54, 1.807) is 0 Å². The van der Waals surface area contributed by atoms with Crippen LogP contribution in [0, 0.1) is 0 Å². The zero-order chi connectivity index (χ0) is 12.6. The number of rotatable bonds is 2. The molecule has 96 valence electrons. The Morgan fingerprint density at radius 3 is 2.78 bits per heavy atom. The highest BCUT2D eigenvalue weighted by Gasteiger charge is 2.29. The van der Waals surface area contributed by atoms with Gasteiger partial charge < -0.3 is 14.6 Å². The van der Waals surface area contributed by atoms with Crippen molar-refractivity contribution >= 4 is 10.9 Å². The smallest absolute Gasteiger partial charge is 0.144 e. The zero-order valence-corrected chi connectivity index (χ0v) is 11.1. The molecule has 1 fully saturated rings. The van der Waals surface area contributed by atoms with Crippen molar-refractivity contribution in [3.63, 3.8) is 0 Å². The number of benzene rings is 1. The highest BCUT2D eigenvalue weighted by molar-refractivity contribution is 5.85. The van der Waals surface area contributed by atoms with Crippen LogP contribution in [-0.2, 0) is 7.05 Å². The van der Waals surface area contributed by atoms with Crippen LogP contribution in [0.4, 0.5) is 0 Å². The van der Waals surface area contributed by atoms with Gasteiger partial charge in [-0.25, -0.2) is 0 Å². The maximum Gasteiger partial charge on any atom is 0.144 e. The molecule has 1 aliphatic heterocycles. The van der Waals surface area contributed by atoms with Crippen LogP contribution >= 0.6 is 0 Å². The van der Waals surface area contributed by atoms with Crippen molar-refractivity contribution in [1.29, 1.82) is 0 Å². The van der Waals surface area contributed by atoms with E-state index in [1.165, 1.54) is 10.9 Å². The van der Waals surface area contributed by atoms with Gasteiger partial charge in [-0.15, -0.1) is 0 Å². The fourth-order valence-electron chi connectivity index (χ4n) is 2.72. The SMILES string of the molecule is Cn1ccc2cccc(OC3(C)CCNCC3)c21. The number of ether oxygens (including phenoxy) is 1. The summed E-state index contributed by atoms with van der Waals surface area (Å²) in [6.45, 7) is 4.30. The molecule has 1 aromatic heterocycles. The molecule has 1 saturated heterocycles. The third kappa shape index (κ3) is 1.99. The number of aryl methyl sites for hydroxylation is 1. The summed E-state index contributed by atoms with van der Waals surface area (Å²) >= 11 is 0. The van der Waals surface area contributed by atoms with Crippen molar-refractivity contribution in [3.05, 3.63) is 30.5 Å². The third-order valence-electron chi connectivity index (χ3n) is 3.88. The largest absolute Gasteiger partial charge is 0.485 e. The van der Waals surface area contributed by atoms with E-state index in [2.05, 4.69) is 54.3 Å². The summed E-state index contributed by atoms with van der Waals surface area (Å²) in [6, 6.07) is 8.41. The van der Waals surface area contributed by atoms with Crippen LogP contribution in [0.5, 0.6) is 5.75 Å². The fourth-order valence-corrected chi connectivity index (χ4v) is 2.72. The first-order valence-corrected chi connectivity index (χ1v) is 6.62. The lowest BCUT2D eigenvalue weighted by molar-refractivity contribution is 0.0569. The van der Waals surface area contributed by atoms with E-state index >= 15 is 0 Å². The summed E-state index contributed by atoms with van der Waals surface area (Å²) in [5.41, 5.74) is 1.15. The van der Waals surface area contributed by atoms with E-state index < -0.39 is 0 Å². The Morgan fingerprint density at radius 2 is 2.00 bits per heavy atom. The van der Waals surface area contributed by atoms with Crippen molar-refractivity contribution in [3.8, 4) is 5.75 Å². The minimum Gasteiger partial charge on any atom is -0.485 e. The lowest BCUT2D eigenvalue weighted by Crippen LogP contribution is -2.43. The van der Waals surface area contributed by atoms with E-state index in [0.717, 1.165) is 31.7 Å². The Morgan fingerprint density at radius 1 is 1.22 bits per heavy atom. The fraction of sp³-hybridized carbons (Fsp3) is 0.467. The minimum absolute atomic E-state index is 0.0379. The monoisotopic (exact) mass is 244 g/mol. The van der Waals surface area contributed by atoms with Gasteiger partial charge in [0.05, 0.1) is 5.52 Å². The first-order valence-electron chi connectivity index (χ1n) is 6.62. The molecule has 0 spiro atoms. The predicted molar refractivity (Wildman–Crippen MR) is 74.1 cm³/mol. The van der Waals surface area contributed by atoms with Crippen LogP contribution in [0.2, 0.25) is 0 Å². The van der Waals surface area contributed by atoms with Crippen LogP contribution in [-0.4, -0.2) is 23.3 Å². The van der Waals surface area contributed by atoms with Crippen molar-refractivity contribution < 1.29 is 4.74 Å². The normalized spacial score (nSPS) is 19.0. The molecule has 2 heterocycles. The molecule has 0 atom stereocenters. The Hall–Kier alpha value is -1.48. The maximum absolute atomic E-state index is 6.33. The zero-order valence-electron chi connectivity index (χ0n) is 11.1. The predicted octanol–water partition coefficient (Wildman–Crippen LogP) is 2.70. The van der Waals surface area contributed by atoms with Gasteiger partial charge in [-0.3, -0.25) is 0 Å². The van der Waals surface area contributed by atoms with Gasteiger partial charge in [0.1, 0.15) is 11.4 Å². The molecule has 0 unspecified atom stereocenters. The summed E-state index contributed by atoms with van der Waals surface area (Å²) in [5.74, 6) is 1.00. The molecular weight excluding hydrogens is 224 g/mol. The molecule has 2 aromatic rings. The number of nitrogens with one attached hydrogen (secondary N) is 1. The molecule has 3 rings (SSSR count). The first kappa shape index (κ1) is 11.6. The van der Waals surface area contributed by atoms with Crippen LogP contribution in [0.3, 0.4) is 0 Å². The van der Waals surface area contributed by atoms with E-state index in [0.29, 0.717) is 0 Å². The molecule has 0 aliphatic carbocycles. The average molecular weight is 244 g/mol. The van der Waals surface area contributed by atoms with E-state index in [4.69, 9.17) is 4.74 Å². The molecule has 0 bridgehead atoms. The molecule has 1 aromatic carbocycles. The Labute approximate surface area is 108 Å². The molecule has 18 heavy (non-hydrogen) atoms. The van der Waals surface area contributed by atoms with Gasteiger partial charge in [0, 0.05) is 18.6 Å². The van der Waals surface area contributed by atoms with Gasteiger partial charge in [-0.05, 0) is 45.0 Å². The van der Waals surface area contributed by atoms with Crippen molar-refractivity contribution in [2.24, 2.45) is 7.05 Å². The van der Waals surface area contributed by atoms with Gasteiger partial charge >= 0.3 is 0 Å². The second-order valence-electron chi connectivity index (χ2n) is 5.42. The van der Waals surface area contributed by atoms with Crippen molar-refractivity contribution in [2.45, 2.75) is 25.4 Å². The minimum atomic E-state index is -0.0379. The van der Waals surface area contributed by atoms with Crippen LogP contribution < -0.4 is 10.1 Å². The molecule has 3 heteroatoms. The van der Waals surface area contributed by atoms with Gasteiger partial charge in [0.15, 0.2) is 0 Å². The number of hydrogen-bond acceptors (Lipinski definition) is 2. The van der Waals surface area contributed by atoms with E-state index in [-0.39, 0.29) is 5.60 Å². The second-order valence-corrected chi connectivity index (χ2v) is 5.42. The van der Waals surface area contributed by atoms with Crippen molar-refractivity contribution in [1.82, 2.24) is 9.88 Å². The van der Waals surface area contributed by atoms with Gasteiger partial charge in [0.2, 0.25) is 0 Å². The molecule has 1 aliphatic rings. The maximum atomic E-state index is 6.33. The number of para-hydroxylation sites is 1. The summed E-state index contributed by atoms with van der Waals surface area (Å²) in [7, 11) is 2.07. The first-order chi connectivity index (χ1) is 8.68. The number of aromatic nitrogens is 1. The van der Waals surface area contributed by atoms with Gasteiger partial charge in [-0.2, -0.15) is 0 Å². The summed E-state index contributed by atoms with van der Waals surface area (Å²) < 4.78 is 8.47. The average Bonchev–Trinajstić information content (AvgIpc) is 2.73. The van der Waals surface area contributed by atoms with E-state index in [1.807, 2.05) is 0 Å². The number of piperidine rings is 1. The molecular formula is C15H20N2O. The lowest BCUT2D eigenvalue weighted by atomic mass is 9.94. The van der Waals surface area contributed by atoms with Gasteiger partial charge in [0.25, 0.3) is 0 Å². The molecule has 1 N–H and O–H groups in total. The molecule has 0 radical (unpaired) electrons. The highest BCUT2D eigenvalue weighted by atomic mass is 16.5. The summed E-state index contributed by atoms with van der Waals surface area (Å²) in [5, 5.41) is 4.63. The lowest BCUT2D eigenvalue weighted by Gasteiger charge is -2.35. The van der Waals surface area contributed by atoms with Crippen LogP contribution in [0.15, 0.2) is 30.5 Å². The number of hydrogen-bond donors (Lipinski definition) is 1. The Kier molecular flexibility index (Phi) is 2.78. The highest BCUT2D eigenvalue weighted by Crippen LogP contribution is 2.32. The number of fused-ring (bicyclic) bond motifs is 1.